The van der Waals surface area contributed by atoms with Crippen LogP contribution in [0.4, 0.5) is 0 Å². The van der Waals surface area contributed by atoms with Crippen molar-refractivity contribution in [3.63, 3.8) is 0 Å². The Labute approximate surface area is 69.9 Å². The van der Waals surface area contributed by atoms with Gasteiger partial charge in [-0.15, -0.1) is 0 Å². The van der Waals surface area contributed by atoms with Gasteiger partial charge in [0, 0.05) is 12.4 Å². The molecule has 0 aromatic heterocycles. The van der Waals surface area contributed by atoms with E-state index in [0.29, 0.717) is 0 Å². The van der Waals surface area contributed by atoms with Crippen molar-refractivity contribution in [3.05, 3.63) is 24.9 Å². The van der Waals surface area contributed by atoms with Crippen molar-refractivity contribution in [1.29, 1.82) is 0 Å². The van der Waals surface area contributed by atoms with Gasteiger partial charge in [-0.2, -0.15) is 0 Å². The number of hydrogen-bond donors (Lipinski definition) is 0. The number of ether oxygens (including phenoxy) is 2. The highest BCUT2D eigenvalue weighted by Crippen LogP contribution is 2.07. The summed E-state index contributed by atoms with van der Waals surface area (Å²) in [6, 6.07) is 0. The quantitative estimate of drug-likeness (QED) is 0.570. The minimum atomic E-state index is -0.219. The molecule has 0 spiro atoms. The summed E-state index contributed by atoms with van der Waals surface area (Å²) in [5.74, 6) is 0. The molecule has 0 bridgehead atoms. The molecule has 2 rings (SSSR count). The molecule has 2 unspecified atom stereocenters. The van der Waals surface area contributed by atoms with E-state index in [1.807, 2.05) is 0 Å². The minimum absolute atomic E-state index is 0.194. The van der Waals surface area contributed by atoms with Gasteiger partial charge in [-0.05, 0) is 0 Å². The highest BCUT2D eigenvalue weighted by molar-refractivity contribution is 5.76. The van der Waals surface area contributed by atoms with Crippen molar-refractivity contribution in [2.45, 2.75) is 12.2 Å². The van der Waals surface area contributed by atoms with Crippen molar-refractivity contribution in [1.82, 2.24) is 0 Å². The maximum Gasteiger partial charge on any atom is 0.182 e. The lowest BCUT2D eigenvalue weighted by molar-refractivity contribution is 0.0697. The summed E-state index contributed by atoms with van der Waals surface area (Å²) in [7, 11) is 0. The molecule has 1 radical (unpaired) electrons. The first-order chi connectivity index (χ1) is 5.97. The molecule has 0 N–H and O–H groups in total. The third-order valence-electron chi connectivity index (χ3n) is 1.50. The highest BCUT2D eigenvalue weighted by Gasteiger charge is 2.21. The van der Waals surface area contributed by atoms with Crippen molar-refractivity contribution >= 4 is 12.4 Å². The second-order valence-electron chi connectivity index (χ2n) is 2.31. The molecule has 4 heteroatoms. The van der Waals surface area contributed by atoms with E-state index in [-0.39, 0.29) is 12.2 Å². The van der Waals surface area contributed by atoms with E-state index in [1.54, 1.807) is 18.6 Å². The van der Waals surface area contributed by atoms with Crippen LogP contribution in [0.15, 0.2) is 28.6 Å². The Morgan fingerprint density at radius 1 is 1.17 bits per heavy atom. The van der Waals surface area contributed by atoms with Gasteiger partial charge in [-0.25, -0.2) is 0 Å². The lowest BCUT2D eigenvalue weighted by Crippen LogP contribution is -2.33. The topological polar surface area (TPSA) is 43.2 Å². The first-order valence-electron chi connectivity index (χ1n) is 3.57. The molecule has 0 saturated heterocycles. The lowest BCUT2D eigenvalue weighted by atomic mass is 10.2. The van der Waals surface area contributed by atoms with E-state index in [1.165, 1.54) is 12.5 Å². The zero-order chi connectivity index (χ0) is 8.23. The third kappa shape index (κ3) is 1.37. The Balaban J connectivity index is 2.01. The number of rotatable bonds is 1. The van der Waals surface area contributed by atoms with Gasteiger partial charge in [0.2, 0.25) is 0 Å². The Morgan fingerprint density at radius 3 is 2.75 bits per heavy atom. The second kappa shape index (κ2) is 3.21. The zero-order valence-electron chi connectivity index (χ0n) is 6.25. The van der Waals surface area contributed by atoms with Crippen LogP contribution in [0.3, 0.4) is 0 Å². The number of hydrogen-bond acceptors (Lipinski definition) is 4. The Kier molecular flexibility index (Phi) is 1.90. The van der Waals surface area contributed by atoms with Crippen LogP contribution in [0, 0.1) is 6.26 Å². The zero-order valence-corrected chi connectivity index (χ0v) is 6.25. The smallest absolute Gasteiger partial charge is 0.182 e. The first kappa shape index (κ1) is 7.09. The van der Waals surface area contributed by atoms with Crippen molar-refractivity contribution < 1.29 is 9.47 Å². The van der Waals surface area contributed by atoms with Gasteiger partial charge in [-0.3, -0.25) is 9.98 Å². The predicted molar refractivity (Wildman–Crippen MR) is 43.7 cm³/mol. The maximum absolute atomic E-state index is 5.22. The van der Waals surface area contributed by atoms with Crippen LogP contribution in [-0.2, 0) is 9.47 Å². The Bertz CT molecular complexity index is 240. The molecular formula is C8H7N2O2. The van der Waals surface area contributed by atoms with Crippen LogP contribution in [0.25, 0.3) is 0 Å². The summed E-state index contributed by atoms with van der Waals surface area (Å²) in [5.41, 5.74) is 0. The molecule has 0 fully saturated rings. The summed E-state index contributed by atoms with van der Waals surface area (Å²) in [5, 5.41) is 0. The molecule has 0 saturated carbocycles. The van der Waals surface area contributed by atoms with E-state index in [0.717, 1.165) is 0 Å². The van der Waals surface area contributed by atoms with E-state index in [9.17, 15) is 0 Å². The average molecular weight is 163 g/mol. The van der Waals surface area contributed by atoms with E-state index in [4.69, 9.17) is 9.47 Å². The largest absolute Gasteiger partial charge is 0.486 e. The van der Waals surface area contributed by atoms with Gasteiger partial charge in [0.25, 0.3) is 0 Å². The van der Waals surface area contributed by atoms with Crippen LogP contribution in [0.5, 0.6) is 0 Å². The fraction of sp³-hybridized carbons (Fsp3) is 0.250. The van der Waals surface area contributed by atoms with Crippen LogP contribution >= 0.6 is 0 Å². The predicted octanol–water partition coefficient (Wildman–Crippen LogP) is 0.671. The van der Waals surface area contributed by atoms with Crippen molar-refractivity contribution in [2.75, 3.05) is 0 Å². The van der Waals surface area contributed by atoms with Gasteiger partial charge < -0.3 is 9.47 Å². The van der Waals surface area contributed by atoms with Gasteiger partial charge >= 0.3 is 0 Å². The van der Waals surface area contributed by atoms with Gasteiger partial charge in [-0.1, -0.05) is 0 Å². The van der Waals surface area contributed by atoms with E-state index < -0.39 is 0 Å². The molecule has 12 heavy (non-hydrogen) atoms. The van der Waals surface area contributed by atoms with E-state index >= 15 is 0 Å². The summed E-state index contributed by atoms with van der Waals surface area (Å²) < 4.78 is 10.3. The molecular weight excluding hydrogens is 156 g/mol. The molecule has 2 atom stereocenters. The second-order valence-corrected chi connectivity index (χ2v) is 2.31. The molecule has 2 aliphatic rings. The molecule has 0 aliphatic carbocycles. The fourth-order valence-corrected chi connectivity index (χ4v) is 0.943. The van der Waals surface area contributed by atoms with Gasteiger partial charge in [0.05, 0.1) is 12.4 Å². The van der Waals surface area contributed by atoms with Crippen molar-refractivity contribution in [2.24, 2.45) is 9.98 Å². The SMILES string of the molecule is [C]1=CN=CC(C2C=NC=CO2)O1. The number of aliphatic imine (C=N–C) groups is 2. The fourth-order valence-electron chi connectivity index (χ4n) is 0.943. The summed E-state index contributed by atoms with van der Waals surface area (Å²) in [6.45, 7) is 0. The van der Waals surface area contributed by atoms with Gasteiger partial charge in [0.15, 0.2) is 18.5 Å². The maximum atomic E-state index is 5.22. The van der Waals surface area contributed by atoms with Crippen LogP contribution in [-0.4, -0.2) is 24.6 Å². The first-order valence-corrected chi connectivity index (χ1v) is 3.57. The normalized spacial score (nSPS) is 31.3. The van der Waals surface area contributed by atoms with E-state index in [2.05, 4.69) is 16.2 Å². The molecule has 0 amide bonds. The molecule has 61 valence electrons. The summed E-state index contributed by atoms with van der Waals surface area (Å²) >= 11 is 0. The average Bonchev–Trinajstić information content (AvgIpc) is 2.21. The minimum Gasteiger partial charge on any atom is -0.486 e. The monoisotopic (exact) mass is 163 g/mol. The number of nitrogens with zero attached hydrogens (tertiary/aromatic N) is 2. The summed E-state index contributed by atoms with van der Waals surface area (Å²) in [4.78, 5) is 7.81. The lowest BCUT2D eigenvalue weighted by Gasteiger charge is -2.21. The van der Waals surface area contributed by atoms with Crippen molar-refractivity contribution in [3.8, 4) is 0 Å². The van der Waals surface area contributed by atoms with Crippen LogP contribution in [0.1, 0.15) is 0 Å². The molecule has 0 aromatic carbocycles. The molecule has 4 nitrogen and oxygen atoms in total. The van der Waals surface area contributed by atoms with Gasteiger partial charge in [0.1, 0.15) is 6.26 Å². The Morgan fingerprint density at radius 2 is 2.08 bits per heavy atom. The third-order valence-corrected chi connectivity index (χ3v) is 1.50. The molecule has 2 heterocycles. The Hall–Kier alpha value is -1.58. The highest BCUT2D eigenvalue weighted by atomic mass is 16.5. The molecule has 0 aromatic rings. The summed E-state index contributed by atoms with van der Waals surface area (Å²) in [6.07, 6.45) is 10.0. The standard InChI is InChI=1S/C8H7N2O2/c1-3-11-7(5-9-1)8-6-10-2-4-12-8/h1-3,5-8H. The molecule has 2 aliphatic heterocycles. The van der Waals surface area contributed by atoms with Crippen LogP contribution < -0.4 is 0 Å². The van der Waals surface area contributed by atoms with Crippen LogP contribution in [0.2, 0.25) is 0 Å².